The summed E-state index contributed by atoms with van der Waals surface area (Å²) in [7, 11) is 0. The van der Waals surface area contributed by atoms with Gasteiger partial charge in [0.1, 0.15) is 17.5 Å². The van der Waals surface area contributed by atoms with E-state index >= 15 is 0 Å². The van der Waals surface area contributed by atoms with Crippen molar-refractivity contribution in [3.05, 3.63) is 78.5 Å². The van der Waals surface area contributed by atoms with Gasteiger partial charge in [0.25, 0.3) is 0 Å². The van der Waals surface area contributed by atoms with Gasteiger partial charge in [0.2, 0.25) is 0 Å². The molecule has 0 amide bonds. The lowest BCUT2D eigenvalue weighted by Crippen LogP contribution is -2.51. The van der Waals surface area contributed by atoms with Gasteiger partial charge in [-0.15, -0.1) is 0 Å². The average molecular weight is 525 g/mol. The van der Waals surface area contributed by atoms with Crippen molar-refractivity contribution < 1.29 is 18.7 Å². The number of aromatic nitrogens is 3. The largest absolute Gasteiger partial charge is 0.481 e. The van der Waals surface area contributed by atoms with E-state index in [9.17, 15) is 18.7 Å². The minimum Gasteiger partial charge on any atom is -0.481 e. The van der Waals surface area contributed by atoms with E-state index in [4.69, 9.17) is 9.97 Å². The number of H-pyrrole nitrogens is 1. The first kappa shape index (κ1) is 23.8. The number of halogens is 2. The molecule has 196 valence electrons. The van der Waals surface area contributed by atoms with Gasteiger partial charge in [0, 0.05) is 40.2 Å². The topological polar surface area (TPSA) is 90.9 Å². The molecule has 0 saturated heterocycles. The molecule has 8 heteroatoms. The molecular formula is C31H26F2N4O2. The van der Waals surface area contributed by atoms with Crippen LogP contribution in [0.4, 0.5) is 14.6 Å². The van der Waals surface area contributed by atoms with Crippen molar-refractivity contribution in [2.45, 2.75) is 31.7 Å². The highest BCUT2D eigenvalue weighted by Gasteiger charge is 2.47. The Hall–Kier alpha value is -4.33. The summed E-state index contributed by atoms with van der Waals surface area (Å²) in [4.78, 5) is 25.1. The third kappa shape index (κ3) is 3.93. The molecule has 8 rings (SSSR count). The fraction of sp³-hybridized carbons (Fsp3) is 0.258. The quantitative estimate of drug-likeness (QED) is 0.230. The van der Waals surface area contributed by atoms with Crippen LogP contribution in [-0.4, -0.2) is 32.1 Å². The van der Waals surface area contributed by atoms with E-state index in [1.54, 1.807) is 6.20 Å². The van der Waals surface area contributed by atoms with Crippen LogP contribution in [0.3, 0.4) is 0 Å². The number of carbonyl (C=O) groups is 1. The summed E-state index contributed by atoms with van der Waals surface area (Å²) in [6, 6.07) is 17.6. The SMILES string of the molecule is O=C(O)C1C2CCC(CC2)C1Nc1nc(-c2c[nH]c3c(F)cc(F)cc23)nc2c(-c3ccccc3)cccc12. The molecular weight excluding hydrogens is 498 g/mol. The van der Waals surface area contributed by atoms with Crippen LogP contribution in [0.15, 0.2) is 66.9 Å². The van der Waals surface area contributed by atoms with Crippen molar-refractivity contribution in [3.8, 4) is 22.5 Å². The molecule has 39 heavy (non-hydrogen) atoms. The minimum atomic E-state index is -0.784. The summed E-state index contributed by atoms with van der Waals surface area (Å²) in [5.41, 5.74) is 3.18. The molecule has 6 nitrogen and oxygen atoms in total. The predicted molar refractivity (Wildman–Crippen MR) is 146 cm³/mol. The smallest absolute Gasteiger partial charge is 0.308 e. The van der Waals surface area contributed by atoms with E-state index in [1.807, 2.05) is 48.5 Å². The summed E-state index contributed by atoms with van der Waals surface area (Å²) in [5, 5.41) is 14.8. The van der Waals surface area contributed by atoms with Crippen LogP contribution < -0.4 is 5.32 Å². The standard InChI is InChI=1S/C31H26F2N4O2/c32-19-13-22-23(15-34-28(22)24(33)14-19)30-36-27-20(16-5-2-1-3-6-16)7-4-8-21(27)29(37-30)35-26-18-11-9-17(10-12-18)25(26)31(38)39/h1-8,13-15,17-18,25-26,34H,9-12H2,(H,38,39)(H,35,36,37). The summed E-state index contributed by atoms with van der Waals surface area (Å²) in [6.45, 7) is 0. The number of anilines is 1. The summed E-state index contributed by atoms with van der Waals surface area (Å²) < 4.78 is 28.8. The molecule has 0 spiro atoms. The normalized spacial score (nSPS) is 22.4. The zero-order valence-corrected chi connectivity index (χ0v) is 21.0. The van der Waals surface area contributed by atoms with Crippen LogP contribution in [0, 0.1) is 29.4 Å². The van der Waals surface area contributed by atoms with Gasteiger partial charge in [-0.1, -0.05) is 42.5 Å². The van der Waals surface area contributed by atoms with E-state index in [0.717, 1.165) is 48.3 Å². The Balaban J connectivity index is 1.45. The van der Waals surface area contributed by atoms with Gasteiger partial charge in [-0.25, -0.2) is 18.7 Å². The number of para-hydroxylation sites is 1. The van der Waals surface area contributed by atoms with Gasteiger partial charge in [0.05, 0.1) is 17.0 Å². The first-order chi connectivity index (χ1) is 19.0. The second kappa shape index (κ2) is 9.15. The van der Waals surface area contributed by atoms with Crippen molar-refractivity contribution in [2.24, 2.45) is 17.8 Å². The Labute approximate surface area is 223 Å². The number of aliphatic carboxylic acids is 1. The van der Waals surface area contributed by atoms with Crippen molar-refractivity contribution in [1.29, 1.82) is 0 Å². The molecule has 3 fully saturated rings. The number of carboxylic acid groups (broad SMARTS) is 1. The lowest BCUT2D eigenvalue weighted by Gasteiger charge is -2.47. The van der Waals surface area contributed by atoms with Crippen molar-refractivity contribution in [3.63, 3.8) is 0 Å². The van der Waals surface area contributed by atoms with Gasteiger partial charge >= 0.3 is 5.97 Å². The molecule has 3 aliphatic carbocycles. The second-order valence-electron chi connectivity index (χ2n) is 10.7. The van der Waals surface area contributed by atoms with Gasteiger partial charge in [-0.3, -0.25) is 4.79 Å². The molecule has 3 saturated carbocycles. The summed E-state index contributed by atoms with van der Waals surface area (Å²) >= 11 is 0. The number of fused-ring (bicyclic) bond motifs is 5. The van der Waals surface area contributed by atoms with E-state index in [0.29, 0.717) is 28.1 Å². The molecule has 0 radical (unpaired) electrons. The number of benzene rings is 3. The maximum atomic E-state index is 14.5. The Morgan fingerprint density at radius 2 is 1.67 bits per heavy atom. The minimum absolute atomic E-state index is 0.136. The fourth-order valence-corrected chi connectivity index (χ4v) is 6.74. The first-order valence-electron chi connectivity index (χ1n) is 13.3. The Kier molecular flexibility index (Phi) is 5.58. The molecule has 5 aromatic rings. The zero-order chi connectivity index (χ0) is 26.7. The summed E-state index contributed by atoms with van der Waals surface area (Å²) in [6.07, 6.45) is 5.42. The van der Waals surface area contributed by atoms with Crippen LogP contribution >= 0.6 is 0 Å². The van der Waals surface area contributed by atoms with Crippen molar-refractivity contribution in [1.82, 2.24) is 15.0 Å². The Morgan fingerprint density at radius 1 is 0.897 bits per heavy atom. The number of carboxylic acids is 1. The molecule has 2 atom stereocenters. The number of hydrogen-bond acceptors (Lipinski definition) is 4. The number of nitrogens with zero attached hydrogens (tertiary/aromatic N) is 2. The number of hydrogen-bond donors (Lipinski definition) is 3. The van der Waals surface area contributed by atoms with Gasteiger partial charge < -0.3 is 15.4 Å². The van der Waals surface area contributed by atoms with Gasteiger partial charge in [-0.05, 0) is 55.2 Å². The molecule has 2 aromatic heterocycles. The molecule has 3 N–H and O–H groups in total. The molecule has 3 aliphatic rings. The number of rotatable bonds is 5. The molecule has 3 aromatic carbocycles. The number of aromatic amines is 1. The predicted octanol–water partition coefficient (Wildman–Crippen LogP) is 7.02. The van der Waals surface area contributed by atoms with Gasteiger partial charge in [0.15, 0.2) is 5.82 Å². The van der Waals surface area contributed by atoms with Crippen LogP contribution in [0.1, 0.15) is 25.7 Å². The Bertz CT molecular complexity index is 1730. The highest BCUT2D eigenvalue weighted by molar-refractivity contribution is 6.02. The summed E-state index contributed by atoms with van der Waals surface area (Å²) in [5.74, 6) is -1.46. The zero-order valence-electron chi connectivity index (χ0n) is 21.0. The maximum Gasteiger partial charge on any atom is 0.308 e. The van der Waals surface area contributed by atoms with E-state index < -0.39 is 23.5 Å². The second-order valence-corrected chi connectivity index (χ2v) is 10.7. The van der Waals surface area contributed by atoms with E-state index in [2.05, 4.69) is 10.3 Å². The monoisotopic (exact) mass is 524 g/mol. The third-order valence-electron chi connectivity index (χ3n) is 8.57. The van der Waals surface area contributed by atoms with Crippen molar-refractivity contribution >= 4 is 33.6 Å². The van der Waals surface area contributed by atoms with Gasteiger partial charge in [-0.2, -0.15) is 0 Å². The van der Waals surface area contributed by atoms with Crippen LogP contribution in [0.5, 0.6) is 0 Å². The van der Waals surface area contributed by atoms with E-state index in [-0.39, 0.29) is 23.4 Å². The Morgan fingerprint density at radius 3 is 2.44 bits per heavy atom. The van der Waals surface area contributed by atoms with Crippen LogP contribution in [-0.2, 0) is 4.79 Å². The molecule has 2 unspecified atom stereocenters. The molecule has 2 heterocycles. The average Bonchev–Trinajstić information content (AvgIpc) is 3.38. The molecule has 2 bridgehead atoms. The molecule has 0 aliphatic heterocycles. The lowest BCUT2D eigenvalue weighted by atomic mass is 9.61. The van der Waals surface area contributed by atoms with Crippen molar-refractivity contribution in [2.75, 3.05) is 5.32 Å². The van der Waals surface area contributed by atoms with Crippen LogP contribution in [0.2, 0.25) is 0 Å². The highest BCUT2D eigenvalue weighted by Crippen LogP contribution is 2.47. The maximum absolute atomic E-state index is 14.5. The first-order valence-corrected chi connectivity index (χ1v) is 13.3. The third-order valence-corrected chi connectivity index (χ3v) is 8.57. The fourth-order valence-electron chi connectivity index (χ4n) is 6.74. The van der Waals surface area contributed by atoms with Crippen LogP contribution in [0.25, 0.3) is 44.3 Å². The lowest BCUT2D eigenvalue weighted by molar-refractivity contribution is -0.148. The van der Waals surface area contributed by atoms with E-state index in [1.165, 1.54) is 6.07 Å². The number of nitrogens with one attached hydrogen (secondary N) is 2. The highest BCUT2D eigenvalue weighted by atomic mass is 19.1.